The Morgan fingerprint density at radius 3 is 2.21 bits per heavy atom. The first-order chi connectivity index (χ1) is 9.08. The zero-order valence-electron chi connectivity index (χ0n) is 10.7. The molecule has 0 heterocycles. The summed E-state index contributed by atoms with van der Waals surface area (Å²) in [4.78, 5) is 0.432. The first kappa shape index (κ1) is 14.3. The number of hydrogen-bond acceptors (Lipinski definition) is 2. The van der Waals surface area contributed by atoms with Crippen molar-refractivity contribution in [2.24, 2.45) is 0 Å². The van der Waals surface area contributed by atoms with Crippen molar-refractivity contribution in [1.82, 2.24) is 0 Å². The zero-order valence-corrected chi connectivity index (χ0v) is 13.3. The Hall–Kier alpha value is -1.09. The fraction of sp³-hybridized carbons (Fsp3) is 0.200. The van der Waals surface area contributed by atoms with E-state index in [-0.39, 0.29) is 20.7 Å². The first-order valence-corrected chi connectivity index (χ1v) is 9.77. The van der Waals surface area contributed by atoms with E-state index >= 15 is 0 Å². The molecule has 0 aromatic heterocycles. The maximum absolute atomic E-state index is 12.1. The Kier molecular flexibility index (Phi) is 4.81. The second-order valence-corrected chi connectivity index (χ2v) is 8.85. The standard InChI is InChI=1S/C15H16O2SSe/c1-13-7-9-14(10-8-13)18(16,17)11-12-19-15-5-3-2-4-6-15/h2-10H,11-12H2,1H3. The summed E-state index contributed by atoms with van der Waals surface area (Å²) in [5.41, 5.74) is 1.08. The molecule has 2 aromatic rings. The SMILES string of the molecule is Cc1ccc(S(=O)(=O)CC[Se]c2ccccc2)cc1. The van der Waals surface area contributed by atoms with Crippen LogP contribution < -0.4 is 4.46 Å². The van der Waals surface area contributed by atoms with Gasteiger partial charge in [-0.15, -0.1) is 0 Å². The van der Waals surface area contributed by atoms with Crippen LogP contribution in [0, 0.1) is 6.92 Å². The Morgan fingerprint density at radius 2 is 1.58 bits per heavy atom. The van der Waals surface area contributed by atoms with E-state index < -0.39 is 9.84 Å². The third kappa shape index (κ3) is 4.20. The molecule has 0 saturated heterocycles. The molecule has 2 nitrogen and oxygen atoms in total. The normalized spacial score (nSPS) is 11.4. The van der Waals surface area contributed by atoms with E-state index in [0.717, 1.165) is 5.56 Å². The topological polar surface area (TPSA) is 34.1 Å². The van der Waals surface area contributed by atoms with Gasteiger partial charge in [-0.2, -0.15) is 0 Å². The van der Waals surface area contributed by atoms with E-state index in [9.17, 15) is 8.42 Å². The predicted octanol–water partition coefficient (Wildman–Crippen LogP) is 2.22. The molecule has 0 saturated carbocycles. The average molecular weight is 339 g/mol. The molecule has 0 aliphatic heterocycles. The Bertz CT molecular complexity index is 619. The summed E-state index contributed by atoms with van der Waals surface area (Å²) in [5, 5.41) is 0.715. The van der Waals surface area contributed by atoms with Gasteiger partial charge in [0.15, 0.2) is 0 Å². The monoisotopic (exact) mass is 340 g/mol. The van der Waals surface area contributed by atoms with E-state index in [2.05, 4.69) is 12.1 Å². The van der Waals surface area contributed by atoms with Gasteiger partial charge in [-0.05, 0) is 0 Å². The molecule has 19 heavy (non-hydrogen) atoms. The molecule has 0 aliphatic rings. The molecule has 0 aliphatic carbocycles. The third-order valence-electron chi connectivity index (χ3n) is 2.74. The Labute approximate surface area is 120 Å². The van der Waals surface area contributed by atoms with Crippen LogP contribution in [0.4, 0.5) is 0 Å². The molecule has 0 N–H and O–H groups in total. The van der Waals surface area contributed by atoms with Crippen LogP contribution in [0.5, 0.6) is 0 Å². The van der Waals surface area contributed by atoms with Crippen molar-refractivity contribution in [1.29, 1.82) is 0 Å². The van der Waals surface area contributed by atoms with Crippen LogP contribution in [-0.4, -0.2) is 29.1 Å². The molecular weight excluding hydrogens is 323 g/mol. The van der Waals surface area contributed by atoms with Crippen LogP contribution in [-0.2, 0) is 9.84 Å². The molecule has 0 bridgehead atoms. The van der Waals surface area contributed by atoms with Gasteiger partial charge < -0.3 is 0 Å². The van der Waals surface area contributed by atoms with Crippen molar-refractivity contribution < 1.29 is 8.42 Å². The molecule has 2 rings (SSSR count). The number of sulfone groups is 1. The van der Waals surface area contributed by atoms with Gasteiger partial charge in [0.25, 0.3) is 0 Å². The second kappa shape index (κ2) is 6.38. The molecule has 100 valence electrons. The summed E-state index contributed by atoms with van der Waals surface area (Å²) in [6.45, 7) is 1.95. The van der Waals surface area contributed by atoms with Crippen molar-refractivity contribution in [3.8, 4) is 0 Å². The summed E-state index contributed by atoms with van der Waals surface area (Å²) >= 11 is 0.221. The molecule has 0 radical (unpaired) electrons. The van der Waals surface area contributed by atoms with Gasteiger partial charge >= 0.3 is 121 Å². The summed E-state index contributed by atoms with van der Waals surface area (Å²) in [7, 11) is -3.13. The molecule has 0 amide bonds. The molecule has 4 heteroatoms. The summed E-state index contributed by atoms with van der Waals surface area (Å²) in [6, 6.07) is 17.1. The Morgan fingerprint density at radius 1 is 0.947 bits per heavy atom. The van der Waals surface area contributed by atoms with Crippen LogP contribution in [0.15, 0.2) is 59.5 Å². The van der Waals surface area contributed by atoms with Gasteiger partial charge in [0.05, 0.1) is 0 Å². The number of aryl methyl sites for hydroxylation is 1. The third-order valence-corrected chi connectivity index (χ3v) is 7.19. The van der Waals surface area contributed by atoms with E-state index in [1.807, 2.05) is 37.3 Å². The van der Waals surface area contributed by atoms with Crippen LogP contribution >= 0.6 is 0 Å². The predicted molar refractivity (Wildman–Crippen MR) is 79.9 cm³/mol. The van der Waals surface area contributed by atoms with Gasteiger partial charge in [-0.3, -0.25) is 0 Å². The molecule has 0 atom stereocenters. The van der Waals surface area contributed by atoms with Gasteiger partial charge in [0.1, 0.15) is 0 Å². The van der Waals surface area contributed by atoms with E-state index in [4.69, 9.17) is 0 Å². The summed E-state index contributed by atoms with van der Waals surface area (Å²) in [6.07, 6.45) is 0. The molecule has 0 fully saturated rings. The van der Waals surface area contributed by atoms with Crippen LogP contribution in [0.25, 0.3) is 0 Å². The number of benzene rings is 2. The summed E-state index contributed by atoms with van der Waals surface area (Å²) < 4.78 is 25.5. The average Bonchev–Trinajstić information content (AvgIpc) is 2.40. The molecule has 0 spiro atoms. The van der Waals surface area contributed by atoms with Gasteiger partial charge in [0, 0.05) is 0 Å². The minimum absolute atomic E-state index is 0.221. The van der Waals surface area contributed by atoms with Crippen molar-refractivity contribution in [2.45, 2.75) is 17.1 Å². The quantitative estimate of drug-likeness (QED) is 0.783. The van der Waals surface area contributed by atoms with Crippen molar-refractivity contribution >= 4 is 29.3 Å². The van der Waals surface area contributed by atoms with E-state index in [0.29, 0.717) is 10.2 Å². The van der Waals surface area contributed by atoms with Crippen LogP contribution in [0.3, 0.4) is 0 Å². The van der Waals surface area contributed by atoms with Crippen LogP contribution in [0.2, 0.25) is 5.32 Å². The van der Waals surface area contributed by atoms with Crippen molar-refractivity contribution in [2.75, 3.05) is 5.75 Å². The number of rotatable bonds is 5. The van der Waals surface area contributed by atoms with Crippen molar-refractivity contribution in [3.63, 3.8) is 0 Å². The fourth-order valence-electron chi connectivity index (χ4n) is 1.65. The Balaban J connectivity index is 1.97. The second-order valence-electron chi connectivity index (χ2n) is 4.29. The van der Waals surface area contributed by atoms with Gasteiger partial charge in [-0.25, -0.2) is 0 Å². The fourth-order valence-corrected chi connectivity index (χ4v) is 5.87. The van der Waals surface area contributed by atoms with E-state index in [1.165, 1.54) is 4.46 Å². The minimum atomic E-state index is -3.13. The first-order valence-electron chi connectivity index (χ1n) is 6.05. The van der Waals surface area contributed by atoms with Crippen LogP contribution in [0.1, 0.15) is 5.56 Å². The zero-order chi connectivity index (χ0) is 13.7. The molecular formula is C15H16O2SSe. The number of hydrogen-bond donors (Lipinski definition) is 0. The molecule has 2 aromatic carbocycles. The molecule has 0 unspecified atom stereocenters. The van der Waals surface area contributed by atoms with E-state index in [1.54, 1.807) is 12.1 Å². The summed E-state index contributed by atoms with van der Waals surface area (Å²) in [5.74, 6) is 0.227. The maximum atomic E-state index is 12.1. The van der Waals surface area contributed by atoms with Gasteiger partial charge in [0.2, 0.25) is 0 Å². The van der Waals surface area contributed by atoms with Gasteiger partial charge in [-0.1, -0.05) is 0 Å². The van der Waals surface area contributed by atoms with Crippen molar-refractivity contribution in [3.05, 3.63) is 60.2 Å².